The third-order valence-electron chi connectivity index (χ3n) is 1.79. The summed E-state index contributed by atoms with van der Waals surface area (Å²) < 4.78 is 10.0. The van der Waals surface area contributed by atoms with Gasteiger partial charge in [-0.3, -0.25) is 9.59 Å². The summed E-state index contributed by atoms with van der Waals surface area (Å²) in [5.74, 6) is -0.527. The molecule has 0 radical (unpaired) electrons. The molecular formula is C10H21N3O4. The van der Waals surface area contributed by atoms with Gasteiger partial charge in [0.15, 0.2) is 0 Å². The number of nitrogens with two attached hydrogens (primary N) is 2. The summed E-state index contributed by atoms with van der Waals surface area (Å²) in [6, 6.07) is 0. The zero-order valence-corrected chi connectivity index (χ0v) is 9.94. The number of carbonyl (C=O) groups is 2. The van der Waals surface area contributed by atoms with E-state index in [-0.39, 0.29) is 12.5 Å². The first-order chi connectivity index (χ1) is 8.16. The SMILES string of the molecule is NCCCC(=O)NCCOCCOCC(N)=O. The molecule has 0 atom stereocenters. The molecule has 0 saturated heterocycles. The van der Waals surface area contributed by atoms with Crippen LogP contribution in [0.4, 0.5) is 0 Å². The quantitative estimate of drug-likeness (QED) is 0.379. The molecule has 0 spiro atoms. The van der Waals surface area contributed by atoms with E-state index in [1.807, 2.05) is 0 Å². The fourth-order valence-electron chi connectivity index (χ4n) is 1.01. The Bertz CT molecular complexity index is 224. The normalized spacial score (nSPS) is 10.2. The van der Waals surface area contributed by atoms with Gasteiger partial charge < -0.3 is 26.3 Å². The summed E-state index contributed by atoms with van der Waals surface area (Å²) in [6.45, 7) is 1.96. The molecule has 0 aliphatic carbocycles. The van der Waals surface area contributed by atoms with E-state index < -0.39 is 5.91 Å². The van der Waals surface area contributed by atoms with Crippen LogP contribution in [0.15, 0.2) is 0 Å². The predicted molar refractivity (Wildman–Crippen MR) is 62.1 cm³/mol. The van der Waals surface area contributed by atoms with Gasteiger partial charge in [0.1, 0.15) is 6.61 Å². The lowest BCUT2D eigenvalue weighted by molar-refractivity contribution is -0.123. The van der Waals surface area contributed by atoms with Crippen molar-refractivity contribution < 1.29 is 19.1 Å². The number of carbonyl (C=O) groups excluding carboxylic acids is 2. The monoisotopic (exact) mass is 247 g/mol. The molecule has 0 saturated carbocycles. The summed E-state index contributed by atoms with van der Waals surface area (Å²) in [4.78, 5) is 21.4. The molecule has 0 aromatic carbocycles. The topological polar surface area (TPSA) is 117 Å². The zero-order chi connectivity index (χ0) is 12.9. The van der Waals surface area contributed by atoms with Gasteiger partial charge in [0.2, 0.25) is 11.8 Å². The first-order valence-corrected chi connectivity index (χ1v) is 5.57. The Morgan fingerprint density at radius 1 is 1.12 bits per heavy atom. The third-order valence-corrected chi connectivity index (χ3v) is 1.79. The maximum absolute atomic E-state index is 11.1. The van der Waals surface area contributed by atoms with Crippen LogP contribution in [-0.4, -0.2) is 51.3 Å². The molecule has 0 aliphatic heterocycles. The van der Waals surface area contributed by atoms with E-state index in [2.05, 4.69) is 5.32 Å². The van der Waals surface area contributed by atoms with Crippen LogP contribution < -0.4 is 16.8 Å². The van der Waals surface area contributed by atoms with Crippen molar-refractivity contribution in [3.63, 3.8) is 0 Å². The second-order valence-corrected chi connectivity index (χ2v) is 3.37. The number of primary amides is 1. The lowest BCUT2D eigenvalue weighted by Crippen LogP contribution is -2.28. The summed E-state index contributed by atoms with van der Waals surface area (Å²) in [7, 11) is 0. The summed E-state index contributed by atoms with van der Waals surface area (Å²) in [6.07, 6.45) is 1.13. The molecule has 2 amide bonds. The van der Waals surface area contributed by atoms with Gasteiger partial charge in [-0.2, -0.15) is 0 Å². The van der Waals surface area contributed by atoms with Gasteiger partial charge in [0, 0.05) is 13.0 Å². The summed E-state index contributed by atoms with van der Waals surface area (Å²) in [5.41, 5.74) is 10.1. The zero-order valence-electron chi connectivity index (χ0n) is 9.94. The molecule has 7 heteroatoms. The minimum Gasteiger partial charge on any atom is -0.377 e. The van der Waals surface area contributed by atoms with Crippen molar-refractivity contribution in [2.24, 2.45) is 11.5 Å². The first-order valence-electron chi connectivity index (χ1n) is 5.57. The van der Waals surface area contributed by atoms with Crippen molar-refractivity contribution in [3.8, 4) is 0 Å². The maximum atomic E-state index is 11.1. The van der Waals surface area contributed by atoms with E-state index in [1.54, 1.807) is 0 Å². The van der Waals surface area contributed by atoms with Crippen molar-refractivity contribution in [3.05, 3.63) is 0 Å². The van der Waals surface area contributed by atoms with Gasteiger partial charge in [0.25, 0.3) is 0 Å². The fourth-order valence-corrected chi connectivity index (χ4v) is 1.01. The van der Waals surface area contributed by atoms with Gasteiger partial charge in [-0.15, -0.1) is 0 Å². The largest absolute Gasteiger partial charge is 0.377 e. The average molecular weight is 247 g/mol. The van der Waals surface area contributed by atoms with Crippen LogP contribution in [0, 0.1) is 0 Å². The highest BCUT2D eigenvalue weighted by Crippen LogP contribution is 1.85. The fraction of sp³-hybridized carbons (Fsp3) is 0.800. The van der Waals surface area contributed by atoms with Gasteiger partial charge in [-0.05, 0) is 13.0 Å². The Kier molecular flexibility index (Phi) is 10.5. The first kappa shape index (κ1) is 15.8. The minimum atomic E-state index is -0.503. The van der Waals surface area contributed by atoms with Crippen molar-refractivity contribution in [1.29, 1.82) is 0 Å². The molecule has 0 bridgehead atoms. The van der Waals surface area contributed by atoms with E-state index >= 15 is 0 Å². The molecular weight excluding hydrogens is 226 g/mol. The van der Waals surface area contributed by atoms with E-state index in [4.69, 9.17) is 20.9 Å². The number of amides is 2. The van der Waals surface area contributed by atoms with Crippen molar-refractivity contribution in [1.82, 2.24) is 5.32 Å². The Morgan fingerprint density at radius 2 is 1.82 bits per heavy atom. The number of hydrogen-bond acceptors (Lipinski definition) is 5. The van der Waals surface area contributed by atoms with E-state index in [0.717, 1.165) is 0 Å². The number of hydrogen-bond donors (Lipinski definition) is 3. The predicted octanol–water partition coefficient (Wildman–Crippen LogP) is -1.64. The van der Waals surface area contributed by atoms with Crippen molar-refractivity contribution in [2.45, 2.75) is 12.8 Å². The average Bonchev–Trinajstić information content (AvgIpc) is 2.29. The van der Waals surface area contributed by atoms with Crippen LogP contribution in [0.3, 0.4) is 0 Å². The van der Waals surface area contributed by atoms with Crippen LogP contribution in [-0.2, 0) is 19.1 Å². The van der Waals surface area contributed by atoms with Crippen molar-refractivity contribution in [2.75, 3.05) is 39.5 Å². The number of ether oxygens (including phenoxy) is 2. The smallest absolute Gasteiger partial charge is 0.243 e. The minimum absolute atomic E-state index is 0.0240. The molecule has 0 fully saturated rings. The van der Waals surface area contributed by atoms with Gasteiger partial charge in [-0.25, -0.2) is 0 Å². The van der Waals surface area contributed by atoms with E-state index in [0.29, 0.717) is 45.8 Å². The van der Waals surface area contributed by atoms with Crippen LogP contribution in [0.5, 0.6) is 0 Å². The highest BCUT2D eigenvalue weighted by molar-refractivity contribution is 5.75. The maximum Gasteiger partial charge on any atom is 0.243 e. The molecule has 0 aromatic rings. The molecule has 0 aromatic heterocycles. The van der Waals surface area contributed by atoms with Gasteiger partial charge in [0.05, 0.1) is 19.8 Å². The summed E-state index contributed by atoms with van der Waals surface area (Å²) in [5, 5.41) is 2.69. The molecule has 0 rings (SSSR count). The third kappa shape index (κ3) is 12.8. The lowest BCUT2D eigenvalue weighted by Gasteiger charge is -2.06. The highest BCUT2D eigenvalue weighted by atomic mass is 16.5. The van der Waals surface area contributed by atoms with Crippen LogP contribution in [0.2, 0.25) is 0 Å². The Balaban J connectivity index is 3.12. The molecule has 0 unspecified atom stereocenters. The van der Waals surface area contributed by atoms with Crippen molar-refractivity contribution >= 4 is 11.8 Å². The Morgan fingerprint density at radius 3 is 2.47 bits per heavy atom. The second kappa shape index (κ2) is 11.3. The van der Waals surface area contributed by atoms with E-state index in [1.165, 1.54) is 0 Å². The van der Waals surface area contributed by atoms with Crippen LogP contribution in [0.1, 0.15) is 12.8 Å². The lowest BCUT2D eigenvalue weighted by atomic mass is 10.3. The number of rotatable bonds is 11. The molecule has 7 nitrogen and oxygen atoms in total. The molecule has 0 heterocycles. The Hall–Kier alpha value is -1.18. The summed E-state index contributed by atoms with van der Waals surface area (Å²) >= 11 is 0. The van der Waals surface area contributed by atoms with Crippen LogP contribution in [0.25, 0.3) is 0 Å². The van der Waals surface area contributed by atoms with Gasteiger partial charge >= 0.3 is 0 Å². The second-order valence-electron chi connectivity index (χ2n) is 3.37. The molecule has 0 aliphatic rings. The standard InChI is InChI=1S/C10H21N3O4/c11-3-1-2-10(15)13-4-5-16-6-7-17-8-9(12)14/h1-8,11H2,(H2,12,14)(H,13,15). The Labute approximate surface area is 101 Å². The van der Waals surface area contributed by atoms with Crippen LogP contribution >= 0.6 is 0 Å². The molecule has 100 valence electrons. The molecule has 17 heavy (non-hydrogen) atoms. The highest BCUT2D eigenvalue weighted by Gasteiger charge is 1.99. The van der Waals surface area contributed by atoms with E-state index in [9.17, 15) is 9.59 Å². The number of nitrogens with one attached hydrogen (secondary N) is 1. The van der Waals surface area contributed by atoms with Gasteiger partial charge in [-0.1, -0.05) is 0 Å². The molecule has 5 N–H and O–H groups in total.